The van der Waals surface area contributed by atoms with Crippen LogP contribution in [0.4, 0.5) is 0 Å². The largest absolute Gasteiger partial charge is 0.288 e. The fourth-order valence-corrected chi connectivity index (χ4v) is 1.78. The minimum absolute atomic E-state index is 0.00176. The van der Waals surface area contributed by atoms with Crippen LogP contribution >= 0.6 is 11.5 Å². The van der Waals surface area contributed by atoms with Crippen molar-refractivity contribution in [3.63, 3.8) is 0 Å². The third-order valence-electron chi connectivity index (χ3n) is 1.89. The zero-order valence-corrected chi connectivity index (χ0v) is 8.41. The summed E-state index contributed by atoms with van der Waals surface area (Å²) in [5.41, 5.74) is 1.38. The van der Waals surface area contributed by atoms with Crippen molar-refractivity contribution in [3.05, 3.63) is 46.5 Å². The molecule has 4 heteroatoms. The first-order valence-electron chi connectivity index (χ1n) is 4.18. The number of benzene rings is 1. The standard InChI is InChI=1S/C10H8N2OS/c1-7-10(14-12-11-7)9(13)8-5-3-2-4-6-8/h2-6H,1H3. The number of carbonyl (C=O) groups excluding carboxylic acids is 1. The quantitative estimate of drug-likeness (QED) is 0.703. The Balaban J connectivity index is 2.39. The average Bonchev–Trinajstić information content (AvgIpc) is 2.65. The summed E-state index contributed by atoms with van der Waals surface area (Å²) in [7, 11) is 0. The molecule has 0 bridgehead atoms. The van der Waals surface area contributed by atoms with E-state index in [1.54, 1.807) is 19.1 Å². The molecule has 2 rings (SSSR count). The van der Waals surface area contributed by atoms with Crippen molar-refractivity contribution in [2.75, 3.05) is 0 Å². The SMILES string of the molecule is Cc1nnsc1C(=O)c1ccccc1. The summed E-state index contributed by atoms with van der Waals surface area (Å²) < 4.78 is 3.74. The minimum Gasteiger partial charge on any atom is -0.288 e. The molecular formula is C10H8N2OS. The molecule has 1 aromatic heterocycles. The summed E-state index contributed by atoms with van der Waals surface area (Å²) in [4.78, 5) is 12.5. The Kier molecular flexibility index (Phi) is 2.37. The van der Waals surface area contributed by atoms with Gasteiger partial charge in [0.1, 0.15) is 4.88 Å². The van der Waals surface area contributed by atoms with Crippen LogP contribution in [-0.2, 0) is 0 Å². The molecule has 0 aliphatic heterocycles. The Morgan fingerprint density at radius 1 is 1.29 bits per heavy atom. The van der Waals surface area contributed by atoms with Crippen molar-refractivity contribution in [2.24, 2.45) is 0 Å². The molecule has 1 aromatic carbocycles. The van der Waals surface area contributed by atoms with Crippen LogP contribution in [0.15, 0.2) is 30.3 Å². The summed E-state index contributed by atoms with van der Waals surface area (Å²) in [5.74, 6) is -0.00176. The number of rotatable bonds is 2. The van der Waals surface area contributed by atoms with E-state index in [0.717, 1.165) is 11.5 Å². The van der Waals surface area contributed by atoms with Gasteiger partial charge in [0.15, 0.2) is 0 Å². The van der Waals surface area contributed by atoms with Crippen molar-refractivity contribution >= 4 is 17.3 Å². The topological polar surface area (TPSA) is 42.9 Å². The molecule has 14 heavy (non-hydrogen) atoms. The number of hydrogen-bond donors (Lipinski definition) is 0. The molecule has 0 amide bonds. The lowest BCUT2D eigenvalue weighted by Crippen LogP contribution is -1.99. The Hall–Kier alpha value is -1.55. The van der Waals surface area contributed by atoms with Gasteiger partial charge in [-0.2, -0.15) is 0 Å². The van der Waals surface area contributed by atoms with Crippen LogP contribution in [0.25, 0.3) is 0 Å². The highest BCUT2D eigenvalue weighted by Crippen LogP contribution is 2.15. The van der Waals surface area contributed by atoms with Crippen LogP contribution in [0.1, 0.15) is 20.9 Å². The van der Waals surface area contributed by atoms with Gasteiger partial charge in [-0.05, 0) is 18.5 Å². The number of aryl methyl sites for hydroxylation is 1. The Labute approximate surface area is 85.6 Å². The lowest BCUT2D eigenvalue weighted by molar-refractivity contribution is 0.104. The molecule has 0 saturated carbocycles. The fraction of sp³-hybridized carbons (Fsp3) is 0.100. The van der Waals surface area contributed by atoms with Gasteiger partial charge in [0, 0.05) is 5.56 Å². The van der Waals surface area contributed by atoms with Gasteiger partial charge in [0.25, 0.3) is 0 Å². The van der Waals surface area contributed by atoms with E-state index in [0.29, 0.717) is 16.1 Å². The zero-order valence-electron chi connectivity index (χ0n) is 7.60. The lowest BCUT2D eigenvalue weighted by Gasteiger charge is -1.96. The van der Waals surface area contributed by atoms with Crippen LogP contribution < -0.4 is 0 Å². The molecule has 1 heterocycles. The summed E-state index contributed by atoms with van der Waals surface area (Å²) in [6.07, 6.45) is 0. The summed E-state index contributed by atoms with van der Waals surface area (Å²) in [6, 6.07) is 9.16. The first kappa shape index (κ1) is 9.02. The highest BCUT2D eigenvalue weighted by atomic mass is 32.1. The van der Waals surface area contributed by atoms with Crippen molar-refractivity contribution in [2.45, 2.75) is 6.92 Å². The molecule has 0 aliphatic rings. The normalized spacial score (nSPS) is 10.1. The van der Waals surface area contributed by atoms with Crippen LogP contribution in [-0.4, -0.2) is 15.4 Å². The summed E-state index contributed by atoms with van der Waals surface area (Å²) in [5, 5.41) is 3.81. The molecule has 0 radical (unpaired) electrons. The van der Waals surface area contributed by atoms with Crippen LogP contribution in [0.3, 0.4) is 0 Å². The number of ketones is 1. The van der Waals surface area contributed by atoms with Crippen LogP contribution in [0.5, 0.6) is 0 Å². The lowest BCUT2D eigenvalue weighted by atomic mass is 10.1. The minimum atomic E-state index is -0.00176. The van der Waals surface area contributed by atoms with E-state index in [2.05, 4.69) is 9.59 Å². The van der Waals surface area contributed by atoms with E-state index < -0.39 is 0 Å². The molecule has 2 aromatic rings. The van der Waals surface area contributed by atoms with E-state index in [1.807, 2.05) is 18.2 Å². The molecular weight excluding hydrogens is 196 g/mol. The molecule has 0 atom stereocenters. The van der Waals surface area contributed by atoms with E-state index in [9.17, 15) is 4.79 Å². The highest BCUT2D eigenvalue weighted by Gasteiger charge is 2.14. The number of hydrogen-bond acceptors (Lipinski definition) is 4. The monoisotopic (exact) mass is 204 g/mol. The van der Waals surface area contributed by atoms with Crippen LogP contribution in [0.2, 0.25) is 0 Å². The van der Waals surface area contributed by atoms with Crippen molar-refractivity contribution in [3.8, 4) is 0 Å². The second-order valence-electron chi connectivity index (χ2n) is 2.88. The van der Waals surface area contributed by atoms with Gasteiger partial charge in [-0.1, -0.05) is 34.8 Å². The second kappa shape index (κ2) is 3.67. The average molecular weight is 204 g/mol. The third-order valence-corrected chi connectivity index (χ3v) is 2.72. The van der Waals surface area contributed by atoms with Crippen molar-refractivity contribution in [1.82, 2.24) is 9.59 Å². The first-order chi connectivity index (χ1) is 6.79. The maximum absolute atomic E-state index is 11.9. The Morgan fingerprint density at radius 3 is 2.57 bits per heavy atom. The van der Waals surface area contributed by atoms with E-state index >= 15 is 0 Å². The molecule has 0 fully saturated rings. The maximum atomic E-state index is 11.9. The number of aromatic nitrogens is 2. The van der Waals surface area contributed by atoms with Gasteiger partial charge >= 0.3 is 0 Å². The maximum Gasteiger partial charge on any atom is 0.206 e. The Morgan fingerprint density at radius 2 is 2.00 bits per heavy atom. The highest BCUT2D eigenvalue weighted by molar-refractivity contribution is 7.08. The van der Waals surface area contributed by atoms with Gasteiger partial charge in [-0.3, -0.25) is 4.79 Å². The smallest absolute Gasteiger partial charge is 0.206 e. The molecule has 0 aliphatic carbocycles. The molecule has 3 nitrogen and oxygen atoms in total. The van der Waals surface area contributed by atoms with E-state index in [1.165, 1.54) is 0 Å². The molecule has 0 spiro atoms. The molecule has 70 valence electrons. The predicted octanol–water partition coefficient (Wildman–Crippen LogP) is 2.08. The van der Waals surface area contributed by atoms with Gasteiger partial charge in [-0.15, -0.1) is 5.10 Å². The van der Waals surface area contributed by atoms with Gasteiger partial charge < -0.3 is 0 Å². The van der Waals surface area contributed by atoms with Gasteiger partial charge in [0.2, 0.25) is 5.78 Å². The predicted molar refractivity (Wildman–Crippen MR) is 54.5 cm³/mol. The molecule has 0 N–H and O–H groups in total. The Bertz CT molecular complexity index is 450. The fourth-order valence-electron chi connectivity index (χ4n) is 1.16. The van der Waals surface area contributed by atoms with Crippen LogP contribution in [0, 0.1) is 6.92 Å². The van der Waals surface area contributed by atoms with E-state index in [-0.39, 0.29) is 5.78 Å². The van der Waals surface area contributed by atoms with Crippen molar-refractivity contribution < 1.29 is 4.79 Å². The van der Waals surface area contributed by atoms with Gasteiger partial charge in [0.05, 0.1) is 5.69 Å². The van der Waals surface area contributed by atoms with E-state index in [4.69, 9.17) is 0 Å². The third kappa shape index (κ3) is 1.56. The number of nitrogens with zero attached hydrogens (tertiary/aromatic N) is 2. The molecule has 0 unspecified atom stereocenters. The first-order valence-corrected chi connectivity index (χ1v) is 4.95. The zero-order chi connectivity index (χ0) is 9.97. The number of carbonyl (C=O) groups is 1. The second-order valence-corrected chi connectivity index (χ2v) is 3.64. The summed E-state index contributed by atoms with van der Waals surface area (Å²) >= 11 is 1.14. The summed E-state index contributed by atoms with van der Waals surface area (Å²) in [6.45, 7) is 1.79. The molecule has 0 saturated heterocycles. The van der Waals surface area contributed by atoms with Crippen molar-refractivity contribution in [1.29, 1.82) is 0 Å². The van der Waals surface area contributed by atoms with Gasteiger partial charge in [-0.25, -0.2) is 0 Å².